The van der Waals surface area contributed by atoms with Crippen LogP contribution in [0.4, 0.5) is 15.8 Å². The average Bonchev–Trinajstić information content (AvgIpc) is 2.49. The van der Waals surface area contributed by atoms with Gasteiger partial charge in [-0.1, -0.05) is 0 Å². The van der Waals surface area contributed by atoms with Crippen molar-refractivity contribution in [1.82, 2.24) is 4.98 Å². The summed E-state index contributed by atoms with van der Waals surface area (Å²) < 4.78 is 19.9. The number of benzene rings is 1. The van der Waals surface area contributed by atoms with Crippen molar-refractivity contribution in [2.24, 2.45) is 10.7 Å². The average molecular weight is 365 g/mol. The van der Waals surface area contributed by atoms with Crippen molar-refractivity contribution >= 4 is 33.3 Å². The molecule has 0 aliphatic carbocycles. The van der Waals surface area contributed by atoms with Crippen molar-refractivity contribution < 1.29 is 9.13 Å². The van der Waals surface area contributed by atoms with Gasteiger partial charge in [-0.15, -0.1) is 0 Å². The number of hydrogen-bond donors (Lipinski definition) is 2. The molecule has 1 aliphatic rings. The molecule has 3 N–H and O–H groups in total. The molecule has 5 nitrogen and oxygen atoms in total. The lowest BCUT2D eigenvalue weighted by Crippen LogP contribution is -2.24. The van der Waals surface area contributed by atoms with E-state index in [4.69, 9.17) is 10.5 Å². The van der Waals surface area contributed by atoms with Crippen molar-refractivity contribution in [3.05, 3.63) is 52.5 Å². The molecule has 114 valence electrons. The fraction of sp³-hybridized carbons (Fsp3) is 0.200. The fourth-order valence-electron chi connectivity index (χ4n) is 2.28. The zero-order valence-electron chi connectivity index (χ0n) is 11.6. The minimum absolute atomic E-state index is 0.104. The molecule has 7 heteroatoms. The standard InChI is InChI=1S/C15H14BrFN4O/c16-14-8-10(3-5-19-14)20-9-1-2-12(17)11(7-9)13-4-6-22-15(18)21-13/h1-3,5,7-8,13H,4,6H2,(H2,18,21)(H,19,20). The van der Waals surface area contributed by atoms with Crippen LogP contribution in [-0.2, 0) is 4.74 Å². The third-order valence-electron chi connectivity index (χ3n) is 3.29. The van der Waals surface area contributed by atoms with Gasteiger partial charge in [0.15, 0.2) is 0 Å². The fourth-order valence-corrected chi connectivity index (χ4v) is 2.64. The number of nitrogens with zero attached hydrogens (tertiary/aromatic N) is 2. The monoisotopic (exact) mass is 364 g/mol. The third kappa shape index (κ3) is 3.36. The normalized spacial score (nSPS) is 17.5. The highest BCUT2D eigenvalue weighted by atomic mass is 79.9. The Hall–Kier alpha value is -2.15. The van der Waals surface area contributed by atoms with E-state index < -0.39 is 0 Å². The summed E-state index contributed by atoms with van der Waals surface area (Å²) in [4.78, 5) is 8.23. The van der Waals surface area contributed by atoms with Crippen LogP contribution in [0.3, 0.4) is 0 Å². The van der Waals surface area contributed by atoms with Gasteiger partial charge in [-0.3, -0.25) is 0 Å². The maximum absolute atomic E-state index is 14.1. The zero-order chi connectivity index (χ0) is 15.5. The van der Waals surface area contributed by atoms with Gasteiger partial charge < -0.3 is 15.8 Å². The summed E-state index contributed by atoms with van der Waals surface area (Å²) in [6.45, 7) is 0.439. The Balaban J connectivity index is 1.88. The molecule has 1 aromatic heterocycles. The van der Waals surface area contributed by atoms with Crippen molar-refractivity contribution in [3.63, 3.8) is 0 Å². The quantitative estimate of drug-likeness (QED) is 0.817. The van der Waals surface area contributed by atoms with Crippen LogP contribution in [0.5, 0.6) is 0 Å². The Morgan fingerprint density at radius 1 is 1.27 bits per heavy atom. The van der Waals surface area contributed by atoms with Gasteiger partial charge in [0.2, 0.25) is 0 Å². The molecule has 1 unspecified atom stereocenters. The largest absolute Gasteiger partial charge is 0.465 e. The summed E-state index contributed by atoms with van der Waals surface area (Å²) in [7, 11) is 0. The Labute approximate surface area is 135 Å². The SMILES string of the molecule is NC1=NC(c2cc(Nc3ccnc(Br)c3)ccc2F)CCO1. The van der Waals surface area contributed by atoms with E-state index in [1.54, 1.807) is 18.3 Å². The number of nitrogens with one attached hydrogen (secondary N) is 1. The summed E-state index contributed by atoms with van der Waals surface area (Å²) in [5.41, 5.74) is 7.70. The molecule has 2 heterocycles. The molecular formula is C15H14BrFN4O. The van der Waals surface area contributed by atoms with Gasteiger partial charge in [-0.25, -0.2) is 14.4 Å². The topological polar surface area (TPSA) is 72.5 Å². The van der Waals surface area contributed by atoms with E-state index in [9.17, 15) is 4.39 Å². The lowest BCUT2D eigenvalue weighted by Gasteiger charge is -2.20. The van der Waals surface area contributed by atoms with Crippen molar-refractivity contribution in [2.75, 3.05) is 11.9 Å². The van der Waals surface area contributed by atoms with Crippen LogP contribution < -0.4 is 11.1 Å². The molecule has 1 atom stereocenters. The maximum atomic E-state index is 14.1. The molecule has 0 fully saturated rings. The number of ether oxygens (including phenoxy) is 1. The lowest BCUT2D eigenvalue weighted by atomic mass is 10.0. The number of halogens is 2. The van der Waals surface area contributed by atoms with Crippen LogP contribution >= 0.6 is 15.9 Å². The first-order valence-electron chi connectivity index (χ1n) is 6.76. The van der Waals surface area contributed by atoms with Gasteiger partial charge in [0.05, 0.1) is 12.6 Å². The number of amidine groups is 1. The third-order valence-corrected chi connectivity index (χ3v) is 3.73. The predicted octanol–water partition coefficient (Wildman–Crippen LogP) is 3.50. The van der Waals surface area contributed by atoms with E-state index in [0.29, 0.717) is 18.6 Å². The number of nitrogens with two attached hydrogens (primary N) is 1. The molecule has 0 amide bonds. The van der Waals surface area contributed by atoms with E-state index in [2.05, 4.69) is 31.2 Å². The number of aliphatic imine (C=N–C) groups is 1. The van der Waals surface area contributed by atoms with Gasteiger partial charge >= 0.3 is 0 Å². The molecule has 0 saturated heterocycles. The molecule has 0 spiro atoms. The van der Waals surface area contributed by atoms with Crippen LogP contribution in [-0.4, -0.2) is 17.6 Å². The van der Waals surface area contributed by atoms with Gasteiger partial charge in [0.25, 0.3) is 6.02 Å². The van der Waals surface area contributed by atoms with Crippen molar-refractivity contribution in [2.45, 2.75) is 12.5 Å². The van der Waals surface area contributed by atoms with Crippen LogP contribution in [0.1, 0.15) is 18.0 Å². The highest BCUT2D eigenvalue weighted by Crippen LogP contribution is 2.30. The number of pyridine rings is 1. The van der Waals surface area contributed by atoms with Crippen LogP contribution in [0, 0.1) is 5.82 Å². The Bertz CT molecular complexity index is 722. The number of rotatable bonds is 3. The Morgan fingerprint density at radius 2 is 2.09 bits per heavy atom. The van der Waals surface area contributed by atoms with Gasteiger partial charge in [-0.2, -0.15) is 0 Å². The molecular weight excluding hydrogens is 351 g/mol. The zero-order valence-corrected chi connectivity index (χ0v) is 13.2. The second-order valence-corrected chi connectivity index (χ2v) is 5.66. The second kappa shape index (κ2) is 6.31. The van der Waals surface area contributed by atoms with Gasteiger partial charge in [0.1, 0.15) is 10.4 Å². The van der Waals surface area contributed by atoms with Crippen LogP contribution in [0.25, 0.3) is 0 Å². The summed E-state index contributed by atoms with van der Waals surface area (Å²) in [5.74, 6) is -0.301. The highest BCUT2D eigenvalue weighted by molar-refractivity contribution is 9.10. The first kappa shape index (κ1) is 14.8. The van der Waals surface area contributed by atoms with E-state index in [1.807, 2.05) is 12.1 Å². The first-order chi connectivity index (χ1) is 10.6. The maximum Gasteiger partial charge on any atom is 0.282 e. The minimum Gasteiger partial charge on any atom is -0.465 e. The smallest absolute Gasteiger partial charge is 0.282 e. The minimum atomic E-state index is -0.320. The van der Waals surface area contributed by atoms with E-state index >= 15 is 0 Å². The number of hydrogen-bond acceptors (Lipinski definition) is 5. The highest BCUT2D eigenvalue weighted by Gasteiger charge is 2.20. The van der Waals surface area contributed by atoms with Gasteiger partial charge in [0, 0.05) is 29.6 Å². The molecule has 0 bridgehead atoms. The van der Waals surface area contributed by atoms with Crippen LogP contribution in [0.2, 0.25) is 0 Å². The lowest BCUT2D eigenvalue weighted by molar-refractivity contribution is 0.255. The molecule has 2 aromatic rings. The summed E-state index contributed by atoms with van der Waals surface area (Å²) in [5, 5.41) is 3.22. The number of anilines is 2. The molecule has 0 saturated carbocycles. The molecule has 1 aliphatic heterocycles. The molecule has 1 aromatic carbocycles. The Morgan fingerprint density at radius 3 is 2.86 bits per heavy atom. The van der Waals surface area contributed by atoms with Gasteiger partial charge in [-0.05, 0) is 46.3 Å². The van der Waals surface area contributed by atoms with Crippen molar-refractivity contribution in [3.8, 4) is 0 Å². The van der Waals surface area contributed by atoms with E-state index in [-0.39, 0.29) is 17.9 Å². The second-order valence-electron chi connectivity index (χ2n) is 4.85. The van der Waals surface area contributed by atoms with Crippen LogP contribution in [0.15, 0.2) is 46.1 Å². The summed E-state index contributed by atoms with van der Waals surface area (Å²) >= 11 is 3.31. The molecule has 0 radical (unpaired) electrons. The van der Waals surface area contributed by atoms with E-state index in [1.165, 1.54) is 6.07 Å². The first-order valence-corrected chi connectivity index (χ1v) is 7.55. The predicted molar refractivity (Wildman–Crippen MR) is 86.6 cm³/mol. The van der Waals surface area contributed by atoms with E-state index in [0.717, 1.165) is 16.0 Å². The number of aromatic nitrogens is 1. The molecule has 22 heavy (non-hydrogen) atoms. The summed E-state index contributed by atoms with van der Waals surface area (Å²) in [6, 6.07) is 8.31. The summed E-state index contributed by atoms with van der Waals surface area (Å²) in [6.07, 6.45) is 2.28. The Kier molecular flexibility index (Phi) is 4.24. The van der Waals surface area contributed by atoms with Crippen molar-refractivity contribution in [1.29, 1.82) is 0 Å². The molecule has 3 rings (SSSR count).